The Balaban J connectivity index is 1.66. The minimum absolute atomic E-state index is 0.00152. The summed E-state index contributed by atoms with van der Waals surface area (Å²) >= 11 is 0. The summed E-state index contributed by atoms with van der Waals surface area (Å²) in [4.78, 5) is 31.7. The van der Waals surface area contributed by atoms with E-state index >= 15 is 0 Å². The van der Waals surface area contributed by atoms with E-state index in [1.54, 1.807) is 18.3 Å². The molecule has 0 radical (unpaired) electrons. The van der Waals surface area contributed by atoms with Gasteiger partial charge in [0.05, 0.1) is 23.1 Å². The van der Waals surface area contributed by atoms with Crippen molar-refractivity contribution in [3.63, 3.8) is 0 Å². The third-order valence-corrected chi connectivity index (χ3v) is 7.14. The molecule has 4 rings (SSSR count). The Kier molecular flexibility index (Phi) is 5.11. The molecule has 162 valence electrons. The van der Waals surface area contributed by atoms with Crippen LogP contribution in [-0.2, 0) is 9.63 Å². The van der Waals surface area contributed by atoms with E-state index < -0.39 is 11.4 Å². The Morgan fingerprint density at radius 3 is 2.29 bits per heavy atom. The molecule has 0 aromatic heterocycles. The van der Waals surface area contributed by atoms with E-state index in [2.05, 4.69) is 13.8 Å². The summed E-state index contributed by atoms with van der Waals surface area (Å²) in [6, 6.07) is 14.5. The van der Waals surface area contributed by atoms with Crippen molar-refractivity contribution in [3.8, 4) is 0 Å². The van der Waals surface area contributed by atoms with Crippen LogP contribution in [0.5, 0.6) is 0 Å². The van der Waals surface area contributed by atoms with Gasteiger partial charge in [0.2, 0.25) is 0 Å². The molecule has 2 unspecified atom stereocenters. The van der Waals surface area contributed by atoms with Crippen molar-refractivity contribution in [1.82, 2.24) is 0 Å². The zero-order chi connectivity index (χ0) is 22.4. The Morgan fingerprint density at radius 2 is 1.74 bits per heavy atom. The van der Waals surface area contributed by atoms with E-state index in [1.807, 2.05) is 25.1 Å². The standard InChI is InChI=1S/C24H25N2O5/c1-23(2)20-13-14-24(23,3)21(27)19(20)15-25(17-7-5-4-6-8-17)31-22(28)16-9-11-18(12-10-16)26(29)30/h4-12,15,20,29H,13-14H2,1-3H3/q-1. The van der Waals surface area contributed by atoms with Crippen LogP contribution < -0.4 is 10.3 Å². The second kappa shape index (κ2) is 7.51. The van der Waals surface area contributed by atoms with E-state index in [4.69, 9.17) is 10.0 Å². The summed E-state index contributed by atoms with van der Waals surface area (Å²) in [6.45, 7) is 6.28. The summed E-state index contributed by atoms with van der Waals surface area (Å²) < 4.78 is 0. The van der Waals surface area contributed by atoms with E-state index in [9.17, 15) is 14.8 Å². The topological polar surface area (TPSA) is 93.1 Å². The summed E-state index contributed by atoms with van der Waals surface area (Å²) in [5.41, 5.74) is 0.915. The normalized spacial score (nSPS) is 25.0. The van der Waals surface area contributed by atoms with E-state index in [1.165, 1.54) is 29.3 Å². The molecule has 2 aromatic carbocycles. The molecule has 0 aliphatic heterocycles. The Bertz CT molecular complexity index is 1030. The van der Waals surface area contributed by atoms with E-state index in [-0.39, 0.29) is 33.6 Å². The van der Waals surface area contributed by atoms with Gasteiger partial charge in [0.1, 0.15) is 0 Å². The molecule has 2 aliphatic carbocycles. The molecule has 2 aliphatic rings. The van der Waals surface area contributed by atoms with E-state index in [0.717, 1.165) is 12.8 Å². The maximum Gasteiger partial charge on any atom is 0.363 e. The fourth-order valence-corrected chi connectivity index (χ4v) is 4.80. The number of hydrogen-bond acceptors (Lipinski definition) is 7. The number of hydroxylamine groups is 1. The number of hydrogen-bond donors (Lipinski definition) is 1. The monoisotopic (exact) mass is 421 g/mol. The number of carbonyl (C=O) groups excluding carboxylic acids is 2. The SMILES string of the molecule is CC12CCC(C(=CN(OC(=O)c3ccc(N([O-])O)cc3)c3ccccc3)C1=O)C2(C)C. The highest BCUT2D eigenvalue weighted by molar-refractivity contribution is 6.05. The van der Waals surface area contributed by atoms with Gasteiger partial charge in [-0.15, -0.1) is 0 Å². The second-order valence-electron chi connectivity index (χ2n) is 8.92. The van der Waals surface area contributed by atoms with Gasteiger partial charge in [0, 0.05) is 11.0 Å². The lowest BCUT2D eigenvalue weighted by Gasteiger charge is -2.31. The van der Waals surface area contributed by atoms with Gasteiger partial charge in [-0.2, -0.15) is 5.06 Å². The van der Waals surface area contributed by atoms with Gasteiger partial charge in [0.15, 0.2) is 5.78 Å². The molecular weight excluding hydrogens is 396 g/mol. The number of anilines is 2. The fraction of sp³-hybridized carbons (Fsp3) is 0.333. The van der Waals surface area contributed by atoms with Crippen LogP contribution in [0.4, 0.5) is 11.4 Å². The fourth-order valence-electron chi connectivity index (χ4n) is 4.80. The van der Waals surface area contributed by atoms with Crippen LogP contribution in [0.2, 0.25) is 0 Å². The van der Waals surface area contributed by atoms with Crippen LogP contribution in [0.3, 0.4) is 0 Å². The van der Waals surface area contributed by atoms with Gasteiger partial charge in [-0.05, 0) is 60.6 Å². The first-order chi connectivity index (χ1) is 14.6. The van der Waals surface area contributed by atoms with Crippen LogP contribution in [0.25, 0.3) is 0 Å². The number of benzene rings is 2. The minimum atomic E-state index is -0.649. The van der Waals surface area contributed by atoms with Gasteiger partial charge < -0.3 is 15.3 Å². The molecule has 0 amide bonds. The van der Waals surface area contributed by atoms with Gasteiger partial charge in [0.25, 0.3) is 0 Å². The number of para-hydroxylation sites is 1. The molecule has 0 saturated heterocycles. The lowest BCUT2D eigenvalue weighted by molar-refractivity contribution is -0.125. The number of nitrogens with zero attached hydrogens (tertiary/aromatic N) is 2. The van der Waals surface area contributed by atoms with Gasteiger partial charge in [-0.25, -0.2) is 4.79 Å². The third kappa shape index (κ3) is 3.40. The number of allylic oxidation sites excluding steroid dienone is 1. The summed E-state index contributed by atoms with van der Waals surface area (Å²) in [5.74, 6) is -0.445. The molecule has 2 bridgehead atoms. The number of ketones is 1. The zero-order valence-electron chi connectivity index (χ0n) is 17.7. The molecular formula is C24H25N2O5-. The average Bonchev–Trinajstić information content (AvgIpc) is 3.07. The summed E-state index contributed by atoms with van der Waals surface area (Å²) in [5, 5.41) is 21.0. The highest BCUT2D eigenvalue weighted by Gasteiger charge is 2.64. The van der Waals surface area contributed by atoms with Gasteiger partial charge >= 0.3 is 5.97 Å². The van der Waals surface area contributed by atoms with Crippen molar-refractivity contribution in [2.75, 3.05) is 10.3 Å². The lowest BCUT2D eigenvalue weighted by atomic mass is 9.70. The molecule has 7 heteroatoms. The van der Waals surface area contributed by atoms with Crippen molar-refractivity contribution in [2.24, 2.45) is 16.7 Å². The third-order valence-electron chi connectivity index (χ3n) is 7.14. The maximum absolute atomic E-state index is 13.2. The molecule has 1 N–H and O–H groups in total. The highest BCUT2D eigenvalue weighted by Crippen LogP contribution is 2.65. The highest BCUT2D eigenvalue weighted by atomic mass is 16.8. The molecule has 2 aromatic rings. The van der Waals surface area contributed by atoms with Crippen LogP contribution in [0.1, 0.15) is 44.0 Å². The zero-order valence-corrected chi connectivity index (χ0v) is 17.7. The minimum Gasteiger partial charge on any atom is -0.733 e. The van der Waals surface area contributed by atoms with Crippen LogP contribution in [-0.4, -0.2) is 17.0 Å². The first-order valence-electron chi connectivity index (χ1n) is 10.2. The number of Topliss-reactive ketones (excluding diaryl/α,β-unsaturated/α-hetero) is 1. The molecule has 2 fully saturated rings. The molecule has 2 saturated carbocycles. The molecule has 2 atom stereocenters. The Hall–Kier alpha value is -3.16. The van der Waals surface area contributed by atoms with Crippen molar-refractivity contribution in [1.29, 1.82) is 0 Å². The largest absolute Gasteiger partial charge is 0.733 e. The van der Waals surface area contributed by atoms with Crippen LogP contribution >= 0.6 is 0 Å². The summed E-state index contributed by atoms with van der Waals surface area (Å²) in [7, 11) is 0. The van der Waals surface area contributed by atoms with Gasteiger partial charge in [-0.3, -0.25) is 10.0 Å². The molecule has 0 spiro atoms. The first-order valence-corrected chi connectivity index (χ1v) is 10.2. The quantitative estimate of drug-likeness (QED) is 0.544. The number of carbonyl (C=O) groups is 2. The average molecular weight is 421 g/mol. The van der Waals surface area contributed by atoms with Gasteiger partial charge in [-0.1, -0.05) is 39.0 Å². The predicted octanol–water partition coefficient (Wildman–Crippen LogP) is 4.87. The molecule has 7 nitrogen and oxygen atoms in total. The second-order valence-corrected chi connectivity index (χ2v) is 8.92. The van der Waals surface area contributed by atoms with Crippen molar-refractivity contribution in [3.05, 3.63) is 77.1 Å². The van der Waals surface area contributed by atoms with Crippen molar-refractivity contribution in [2.45, 2.75) is 33.6 Å². The molecule has 0 heterocycles. The predicted molar refractivity (Wildman–Crippen MR) is 116 cm³/mol. The Morgan fingerprint density at radius 1 is 1.10 bits per heavy atom. The van der Waals surface area contributed by atoms with E-state index in [0.29, 0.717) is 11.3 Å². The van der Waals surface area contributed by atoms with Crippen molar-refractivity contribution < 1.29 is 19.6 Å². The molecule has 31 heavy (non-hydrogen) atoms. The summed E-state index contributed by atoms with van der Waals surface area (Å²) in [6.07, 6.45) is 3.43. The smallest absolute Gasteiger partial charge is 0.363 e. The maximum atomic E-state index is 13.2. The number of rotatable bonds is 5. The first kappa shape index (κ1) is 21.1. The van der Waals surface area contributed by atoms with Crippen molar-refractivity contribution >= 4 is 23.1 Å². The van der Waals surface area contributed by atoms with Crippen LogP contribution in [0, 0.1) is 22.0 Å². The van der Waals surface area contributed by atoms with Crippen LogP contribution in [0.15, 0.2) is 66.4 Å². The lowest BCUT2D eigenvalue weighted by Crippen LogP contribution is -2.32. The Labute approximate surface area is 181 Å². The number of fused-ring (bicyclic) bond motifs is 2.